The number of hydrogen-bond acceptors (Lipinski definition) is 2. The number of benzene rings is 6. The highest BCUT2D eigenvalue weighted by Crippen LogP contribution is 2.48. The standard InChI is InChI=1S/C40H21N5/c1-43-33-17-9-13-28(24-41)37(33)27-19-21-35-32(23-27)39-36(45(35)30-15-7-4-8-16-30)22-20-31(26-11-5-3-6-12-26)40(39)38-29(25-42)14-10-18-34(38)44-2/h3-23H. The van der Waals surface area contributed by atoms with Gasteiger partial charge in [0.05, 0.1) is 36.3 Å². The molecule has 6 aromatic carbocycles. The van der Waals surface area contributed by atoms with E-state index in [0.717, 1.165) is 49.7 Å². The van der Waals surface area contributed by atoms with Gasteiger partial charge in [0.15, 0.2) is 11.4 Å². The van der Waals surface area contributed by atoms with Crippen LogP contribution in [0.5, 0.6) is 0 Å². The molecule has 5 nitrogen and oxygen atoms in total. The van der Waals surface area contributed by atoms with E-state index in [1.54, 1.807) is 36.4 Å². The Labute approximate surface area is 260 Å². The minimum Gasteiger partial charge on any atom is -0.309 e. The maximum atomic E-state index is 10.3. The molecule has 0 atom stereocenters. The molecule has 0 fully saturated rings. The summed E-state index contributed by atoms with van der Waals surface area (Å²) in [6.45, 7) is 15.9. The Balaban J connectivity index is 1.73. The van der Waals surface area contributed by atoms with E-state index in [4.69, 9.17) is 13.1 Å². The normalized spacial score (nSPS) is 10.6. The quantitative estimate of drug-likeness (QED) is 0.197. The van der Waals surface area contributed by atoms with Crippen molar-refractivity contribution in [2.45, 2.75) is 0 Å². The molecule has 1 heterocycles. The molecule has 7 aromatic rings. The van der Waals surface area contributed by atoms with Crippen LogP contribution in [0.15, 0.2) is 127 Å². The van der Waals surface area contributed by atoms with Gasteiger partial charge in [-0.15, -0.1) is 0 Å². The maximum absolute atomic E-state index is 10.3. The number of para-hydroxylation sites is 1. The molecule has 206 valence electrons. The fraction of sp³-hybridized carbons (Fsp3) is 0. The zero-order chi connectivity index (χ0) is 30.9. The van der Waals surface area contributed by atoms with E-state index in [2.05, 4.69) is 38.5 Å². The summed E-state index contributed by atoms with van der Waals surface area (Å²) >= 11 is 0. The number of hydrogen-bond donors (Lipinski definition) is 0. The van der Waals surface area contributed by atoms with Gasteiger partial charge in [-0.3, -0.25) is 0 Å². The van der Waals surface area contributed by atoms with Gasteiger partial charge in [-0.1, -0.05) is 84.9 Å². The van der Waals surface area contributed by atoms with E-state index in [-0.39, 0.29) is 0 Å². The van der Waals surface area contributed by atoms with Crippen molar-refractivity contribution in [3.05, 3.63) is 161 Å². The van der Waals surface area contributed by atoms with Crippen molar-refractivity contribution in [2.24, 2.45) is 0 Å². The Morgan fingerprint density at radius 2 is 1.13 bits per heavy atom. The summed E-state index contributed by atoms with van der Waals surface area (Å²) in [6, 6.07) is 45.3. The van der Waals surface area contributed by atoms with Crippen molar-refractivity contribution >= 4 is 33.2 Å². The highest BCUT2D eigenvalue weighted by molar-refractivity contribution is 6.21. The average molecular weight is 572 g/mol. The molecular formula is C40H21N5. The van der Waals surface area contributed by atoms with E-state index in [1.807, 2.05) is 78.9 Å². The second-order valence-electron chi connectivity index (χ2n) is 10.5. The average Bonchev–Trinajstić information content (AvgIpc) is 3.44. The number of nitriles is 2. The molecule has 0 radical (unpaired) electrons. The van der Waals surface area contributed by atoms with Crippen molar-refractivity contribution in [2.75, 3.05) is 0 Å². The second kappa shape index (κ2) is 11.1. The first-order valence-electron chi connectivity index (χ1n) is 14.2. The second-order valence-corrected chi connectivity index (χ2v) is 10.5. The van der Waals surface area contributed by atoms with Crippen LogP contribution < -0.4 is 0 Å². The molecule has 0 amide bonds. The molecule has 0 aliphatic heterocycles. The van der Waals surface area contributed by atoms with Crippen molar-refractivity contribution in [3.8, 4) is 51.2 Å². The Kier molecular flexibility index (Phi) is 6.62. The van der Waals surface area contributed by atoms with E-state index in [1.165, 1.54) is 0 Å². The molecule has 0 saturated carbocycles. The number of rotatable bonds is 4. The van der Waals surface area contributed by atoms with E-state index >= 15 is 0 Å². The van der Waals surface area contributed by atoms with Crippen LogP contribution in [0.3, 0.4) is 0 Å². The van der Waals surface area contributed by atoms with Gasteiger partial charge in [-0.25, -0.2) is 9.69 Å². The van der Waals surface area contributed by atoms with Crippen molar-refractivity contribution < 1.29 is 0 Å². The summed E-state index contributed by atoms with van der Waals surface area (Å²) in [5.74, 6) is 0. The summed E-state index contributed by atoms with van der Waals surface area (Å²) in [5.41, 5.74) is 8.96. The van der Waals surface area contributed by atoms with Crippen LogP contribution in [-0.2, 0) is 0 Å². The molecule has 0 bridgehead atoms. The molecule has 7 rings (SSSR count). The van der Waals surface area contributed by atoms with Crippen LogP contribution in [0, 0.1) is 35.8 Å². The fourth-order valence-electron chi connectivity index (χ4n) is 6.26. The van der Waals surface area contributed by atoms with Gasteiger partial charge in [0.2, 0.25) is 0 Å². The molecule has 0 aliphatic carbocycles. The molecule has 45 heavy (non-hydrogen) atoms. The Bertz CT molecular complexity index is 2400. The van der Waals surface area contributed by atoms with Gasteiger partial charge in [-0.2, -0.15) is 10.5 Å². The molecule has 0 aliphatic rings. The summed E-state index contributed by atoms with van der Waals surface area (Å²) in [7, 11) is 0. The maximum Gasteiger partial charge on any atom is 0.196 e. The minimum absolute atomic E-state index is 0.389. The van der Waals surface area contributed by atoms with Crippen molar-refractivity contribution in [1.29, 1.82) is 10.5 Å². The lowest BCUT2D eigenvalue weighted by atomic mass is 9.87. The van der Waals surface area contributed by atoms with Crippen LogP contribution in [-0.4, -0.2) is 4.57 Å². The predicted molar refractivity (Wildman–Crippen MR) is 179 cm³/mol. The fourth-order valence-corrected chi connectivity index (χ4v) is 6.26. The zero-order valence-corrected chi connectivity index (χ0v) is 23.9. The Morgan fingerprint density at radius 1 is 0.533 bits per heavy atom. The largest absolute Gasteiger partial charge is 0.309 e. The molecular weight excluding hydrogens is 550 g/mol. The predicted octanol–water partition coefficient (Wildman–Crippen LogP) is 10.6. The summed E-state index contributed by atoms with van der Waals surface area (Å²) in [4.78, 5) is 7.61. The van der Waals surface area contributed by atoms with Gasteiger partial charge < -0.3 is 4.57 Å². The van der Waals surface area contributed by atoms with E-state index in [9.17, 15) is 10.5 Å². The van der Waals surface area contributed by atoms with Crippen molar-refractivity contribution in [1.82, 2.24) is 4.57 Å². The molecule has 0 unspecified atom stereocenters. The lowest BCUT2D eigenvalue weighted by Crippen LogP contribution is -1.95. The number of nitrogens with zero attached hydrogens (tertiary/aromatic N) is 5. The lowest BCUT2D eigenvalue weighted by Gasteiger charge is -2.16. The Hall–Kier alpha value is -6.92. The van der Waals surface area contributed by atoms with Crippen molar-refractivity contribution in [3.63, 3.8) is 0 Å². The van der Waals surface area contributed by atoms with Gasteiger partial charge >= 0.3 is 0 Å². The first-order chi connectivity index (χ1) is 22.2. The minimum atomic E-state index is 0.389. The smallest absolute Gasteiger partial charge is 0.196 e. The lowest BCUT2D eigenvalue weighted by molar-refractivity contribution is 1.18. The molecule has 1 aromatic heterocycles. The van der Waals surface area contributed by atoms with Crippen LogP contribution in [0.1, 0.15) is 11.1 Å². The summed E-state index contributed by atoms with van der Waals surface area (Å²) < 4.78 is 2.19. The van der Waals surface area contributed by atoms with E-state index < -0.39 is 0 Å². The SMILES string of the molecule is [C-]#[N+]c1cccc(C#N)c1-c1ccc2c(c1)c1c(-c3c(C#N)cccc3[N+]#[C-])c(-c3ccccc3)ccc1n2-c1ccccc1. The topological polar surface area (TPSA) is 61.2 Å². The zero-order valence-electron chi connectivity index (χ0n) is 23.9. The van der Waals surface area contributed by atoms with Gasteiger partial charge in [0.25, 0.3) is 0 Å². The highest BCUT2D eigenvalue weighted by Gasteiger charge is 2.24. The van der Waals surface area contributed by atoms with Gasteiger partial charge in [-0.05, 0) is 64.7 Å². The van der Waals surface area contributed by atoms with Crippen LogP contribution >= 0.6 is 0 Å². The molecule has 5 heteroatoms. The third-order valence-corrected chi connectivity index (χ3v) is 8.14. The first kappa shape index (κ1) is 26.9. The van der Waals surface area contributed by atoms with Crippen LogP contribution in [0.25, 0.3) is 70.6 Å². The van der Waals surface area contributed by atoms with Gasteiger partial charge in [0, 0.05) is 38.7 Å². The molecule has 0 spiro atoms. The van der Waals surface area contributed by atoms with Gasteiger partial charge in [0.1, 0.15) is 0 Å². The van der Waals surface area contributed by atoms with E-state index in [0.29, 0.717) is 33.6 Å². The third-order valence-electron chi connectivity index (χ3n) is 8.14. The third kappa shape index (κ3) is 4.29. The summed E-state index contributed by atoms with van der Waals surface area (Å²) in [5, 5.41) is 22.1. The first-order valence-corrected chi connectivity index (χ1v) is 14.2. The van der Waals surface area contributed by atoms with Crippen LogP contribution in [0.2, 0.25) is 0 Å². The Morgan fingerprint density at radius 3 is 1.78 bits per heavy atom. The number of aromatic nitrogens is 1. The molecule has 0 saturated heterocycles. The monoisotopic (exact) mass is 571 g/mol. The molecule has 0 N–H and O–H groups in total. The van der Waals surface area contributed by atoms with Crippen LogP contribution in [0.4, 0.5) is 11.4 Å². The number of fused-ring (bicyclic) bond motifs is 3. The summed E-state index contributed by atoms with van der Waals surface area (Å²) in [6.07, 6.45) is 0. The highest BCUT2D eigenvalue weighted by atomic mass is 15.0.